The Balaban J connectivity index is 1.19. The van der Waals surface area contributed by atoms with Crippen molar-refractivity contribution in [1.29, 1.82) is 0 Å². The van der Waals surface area contributed by atoms with E-state index in [1.807, 2.05) is 0 Å². The Morgan fingerprint density at radius 3 is 1.86 bits per heavy atom. The van der Waals surface area contributed by atoms with Crippen LogP contribution < -0.4 is 4.90 Å². The summed E-state index contributed by atoms with van der Waals surface area (Å²) in [5.41, 5.74) is 16.9. The van der Waals surface area contributed by atoms with Gasteiger partial charge in [-0.15, -0.1) is 0 Å². The molecule has 10 aromatic rings. The van der Waals surface area contributed by atoms with E-state index in [0.29, 0.717) is 0 Å². The van der Waals surface area contributed by atoms with Gasteiger partial charge in [0.05, 0.1) is 22.4 Å². The summed E-state index contributed by atoms with van der Waals surface area (Å²) >= 11 is 0. The molecule has 9 aromatic carbocycles. The van der Waals surface area contributed by atoms with Crippen LogP contribution in [0.3, 0.4) is 0 Å². The van der Waals surface area contributed by atoms with E-state index in [4.69, 9.17) is 0 Å². The van der Waals surface area contributed by atoms with Crippen LogP contribution in [0.25, 0.3) is 71.6 Å². The van der Waals surface area contributed by atoms with Gasteiger partial charge in [0, 0.05) is 38.7 Å². The average Bonchev–Trinajstić information content (AvgIpc) is 3.71. The van der Waals surface area contributed by atoms with Crippen molar-refractivity contribution in [2.45, 2.75) is 19.3 Å². The first-order valence-electron chi connectivity index (χ1n) is 19.9. The number of anilines is 3. The topological polar surface area (TPSA) is 8.17 Å². The number of hydrogen-bond acceptors (Lipinski definition) is 1. The monoisotopic (exact) mass is 728 g/mol. The van der Waals surface area contributed by atoms with Crippen LogP contribution in [0.15, 0.2) is 206 Å². The predicted molar refractivity (Wildman–Crippen MR) is 241 cm³/mol. The standard InChI is InChI=1S/C55H40N2/c1-55(2)49-27-12-8-23-44(49)45-33-31-39(35-50(45)55)56(52-29-14-10-24-46(52)43-26-16-20-37-19-6-7-21-41(37)43)40-32-34-48-47-25-11-15-30-53(47)57(54(48)36-40)51-28-13-9-22-42(51)38-17-4-3-5-18-38/h3-36H,1-2H3. The molecule has 0 radical (unpaired) electrons. The molecule has 270 valence electrons. The first kappa shape index (κ1) is 33.2. The van der Waals surface area contributed by atoms with Crippen LogP contribution in [0.2, 0.25) is 0 Å². The van der Waals surface area contributed by atoms with E-state index in [0.717, 1.165) is 22.7 Å². The van der Waals surface area contributed by atoms with E-state index < -0.39 is 0 Å². The minimum Gasteiger partial charge on any atom is -0.310 e. The van der Waals surface area contributed by atoms with Crippen LogP contribution >= 0.6 is 0 Å². The molecule has 1 aromatic heterocycles. The highest BCUT2D eigenvalue weighted by Gasteiger charge is 2.36. The van der Waals surface area contributed by atoms with Crippen LogP contribution in [0, 0.1) is 0 Å². The van der Waals surface area contributed by atoms with Gasteiger partial charge in [-0.1, -0.05) is 178 Å². The van der Waals surface area contributed by atoms with Gasteiger partial charge in [0.15, 0.2) is 0 Å². The van der Waals surface area contributed by atoms with E-state index >= 15 is 0 Å². The molecular weight excluding hydrogens is 689 g/mol. The molecule has 0 atom stereocenters. The van der Waals surface area contributed by atoms with Gasteiger partial charge in [-0.05, 0) is 86.6 Å². The number of rotatable bonds is 6. The van der Waals surface area contributed by atoms with Crippen LogP contribution in [0.4, 0.5) is 17.1 Å². The van der Waals surface area contributed by atoms with Crippen molar-refractivity contribution in [3.05, 3.63) is 217 Å². The van der Waals surface area contributed by atoms with E-state index in [1.54, 1.807) is 0 Å². The number of benzene rings is 9. The molecule has 1 aliphatic carbocycles. The zero-order valence-electron chi connectivity index (χ0n) is 32.0. The van der Waals surface area contributed by atoms with E-state index in [9.17, 15) is 0 Å². The summed E-state index contributed by atoms with van der Waals surface area (Å²) in [7, 11) is 0. The number of aromatic nitrogens is 1. The number of hydrogen-bond donors (Lipinski definition) is 0. The van der Waals surface area contributed by atoms with Crippen molar-refractivity contribution < 1.29 is 0 Å². The van der Waals surface area contributed by atoms with Crippen molar-refractivity contribution in [3.63, 3.8) is 0 Å². The zero-order valence-corrected chi connectivity index (χ0v) is 32.0. The maximum atomic E-state index is 2.49. The molecule has 0 bridgehead atoms. The van der Waals surface area contributed by atoms with Gasteiger partial charge in [0.25, 0.3) is 0 Å². The maximum absolute atomic E-state index is 2.49. The average molecular weight is 729 g/mol. The summed E-state index contributed by atoms with van der Waals surface area (Å²) in [6, 6.07) is 75.7. The first-order valence-corrected chi connectivity index (χ1v) is 19.9. The second kappa shape index (κ2) is 13.0. The van der Waals surface area contributed by atoms with Crippen LogP contribution in [0.5, 0.6) is 0 Å². The summed E-state index contributed by atoms with van der Waals surface area (Å²) in [6.07, 6.45) is 0. The Kier molecular flexibility index (Phi) is 7.55. The molecule has 0 N–H and O–H groups in total. The van der Waals surface area contributed by atoms with Crippen LogP contribution in [-0.2, 0) is 5.41 Å². The van der Waals surface area contributed by atoms with Gasteiger partial charge in [-0.3, -0.25) is 0 Å². The third-order valence-electron chi connectivity index (χ3n) is 12.2. The molecule has 1 aliphatic rings. The molecule has 0 unspecified atom stereocenters. The van der Waals surface area contributed by atoms with Gasteiger partial charge < -0.3 is 9.47 Å². The largest absolute Gasteiger partial charge is 0.310 e. The van der Waals surface area contributed by atoms with Gasteiger partial charge in [0.1, 0.15) is 0 Å². The molecule has 0 amide bonds. The molecule has 11 rings (SSSR count). The van der Waals surface area contributed by atoms with Crippen molar-refractivity contribution in [1.82, 2.24) is 4.57 Å². The quantitative estimate of drug-likeness (QED) is 0.165. The van der Waals surface area contributed by atoms with Gasteiger partial charge >= 0.3 is 0 Å². The number of nitrogens with zero attached hydrogens (tertiary/aromatic N) is 2. The number of fused-ring (bicyclic) bond motifs is 7. The summed E-state index contributed by atoms with van der Waals surface area (Å²) in [4.78, 5) is 2.49. The van der Waals surface area contributed by atoms with Crippen LogP contribution in [0.1, 0.15) is 25.0 Å². The second-order valence-corrected chi connectivity index (χ2v) is 15.7. The molecule has 0 fully saturated rings. The highest BCUT2D eigenvalue weighted by atomic mass is 15.1. The smallest absolute Gasteiger partial charge is 0.0562 e. The lowest BCUT2D eigenvalue weighted by atomic mass is 9.82. The fourth-order valence-corrected chi connectivity index (χ4v) is 9.50. The normalized spacial score (nSPS) is 12.9. The molecule has 0 saturated carbocycles. The Bertz CT molecular complexity index is 3160. The molecule has 0 aliphatic heterocycles. The van der Waals surface area contributed by atoms with E-state index in [-0.39, 0.29) is 5.41 Å². The molecule has 1 heterocycles. The summed E-state index contributed by atoms with van der Waals surface area (Å²) < 4.78 is 2.47. The zero-order chi connectivity index (χ0) is 38.1. The molecule has 0 saturated heterocycles. The van der Waals surface area contributed by atoms with Gasteiger partial charge in [-0.25, -0.2) is 0 Å². The Morgan fingerprint density at radius 1 is 0.386 bits per heavy atom. The molecule has 0 spiro atoms. The summed E-state index contributed by atoms with van der Waals surface area (Å²) in [6.45, 7) is 4.73. The maximum Gasteiger partial charge on any atom is 0.0562 e. The van der Waals surface area contributed by atoms with Crippen molar-refractivity contribution >= 4 is 49.6 Å². The Morgan fingerprint density at radius 2 is 0.982 bits per heavy atom. The fourth-order valence-electron chi connectivity index (χ4n) is 9.50. The molecule has 57 heavy (non-hydrogen) atoms. The van der Waals surface area contributed by atoms with Crippen LogP contribution in [-0.4, -0.2) is 4.57 Å². The highest BCUT2D eigenvalue weighted by Crippen LogP contribution is 2.52. The summed E-state index contributed by atoms with van der Waals surface area (Å²) in [5.74, 6) is 0. The lowest BCUT2D eigenvalue weighted by Crippen LogP contribution is -2.17. The van der Waals surface area contributed by atoms with Crippen molar-refractivity contribution in [3.8, 4) is 39.1 Å². The third-order valence-corrected chi connectivity index (χ3v) is 12.2. The summed E-state index contributed by atoms with van der Waals surface area (Å²) in [5, 5.41) is 4.94. The van der Waals surface area contributed by atoms with E-state index in [1.165, 1.54) is 77.1 Å². The van der Waals surface area contributed by atoms with Gasteiger partial charge in [0.2, 0.25) is 0 Å². The van der Waals surface area contributed by atoms with E-state index in [2.05, 4.69) is 230 Å². The van der Waals surface area contributed by atoms with Gasteiger partial charge in [-0.2, -0.15) is 0 Å². The van der Waals surface area contributed by atoms with Crippen molar-refractivity contribution in [2.24, 2.45) is 0 Å². The predicted octanol–water partition coefficient (Wildman–Crippen LogP) is 15.0. The number of para-hydroxylation sites is 3. The highest BCUT2D eigenvalue weighted by molar-refractivity contribution is 6.11. The minimum absolute atomic E-state index is 0.139. The minimum atomic E-state index is -0.139. The fraction of sp³-hybridized carbons (Fsp3) is 0.0545. The second-order valence-electron chi connectivity index (χ2n) is 15.7. The molecule has 2 heteroatoms. The lowest BCUT2D eigenvalue weighted by molar-refractivity contribution is 0.660. The molecular formula is C55H40N2. The third kappa shape index (κ3) is 5.18. The first-order chi connectivity index (χ1) is 28.1. The molecule has 2 nitrogen and oxygen atoms in total. The SMILES string of the molecule is CC1(C)c2ccccc2-c2ccc(N(c3ccc4c5ccccc5n(-c5ccccc5-c5ccccc5)c4c3)c3ccccc3-c3cccc4ccccc34)cc21. The Hall–Kier alpha value is -7.16. The Labute approximate surface area is 333 Å². The lowest BCUT2D eigenvalue weighted by Gasteiger charge is -2.30. The van der Waals surface area contributed by atoms with Crippen molar-refractivity contribution in [2.75, 3.05) is 4.90 Å².